The Morgan fingerprint density at radius 3 is 1.53 bits per heavy atom. The highest BCUT2D eigenvalue weighted by atomic mass is 14.7. The lowest BCUT2D eigenvalue weighted by molar-refractivity contribution is 0.590. The van der Waals surface area contributed by atoms with Crippen LogP contribution in [0.2, 0.25) is 0 Å². The van der Waals surface area contributed by atoms with Gasteiger partial charge in [0.2, 0.25) is 0 Å². The van der Waals surface area contributed by atoms with E-state index < -0.39 is 0 Å². The Morgan fingerprint density at radius 2 is 1.03 bits per heavy atom. The van der Waals surface area contributed by atoms with Crippen molar-refractivity contribution in [3.8, 4) is 22.3 Å². The molecule has 0 radical (unpaired) electrons. The lowest BCUT2D eigenvalue weighted by atomic mass is 9.85. The Labute approximate surface area is 181 Å². The molecule has 1 N–H and O–H groups in total. The summed E-state index contributed by atoms with van der Waals surface area (Å²) < 4.78 is 0. The van der Waals surface area contributed by atoms with Gasteiger partial charge in [0.15, 0.2) is 0 Å². The molecule has 0 spiro atoms. The quantitative estimate of drug-likeness (QED) is 0.351. The summed E-state index contributed by atoms with van der Waals surface area (Å²) in [5.74, 6) is 0. The van der Waals surface area contributed by atoms with Crippen molar-refractivity contribution >= 4 is 10.9 Å². The molecule has 4 aromatic rings. The zero-order valence-corrected chi connectivity index (χ0v) is 19.4. The van der Waals surface area contributed by atoms with Gasteiger partial charge in [0.1, 0.15) is 0 Å². The fourth-order valence-electron chi connectivity index (χ4n) is 4.18. The molecule has 1 aromatic heterocycles. The van der Waals surface area contributed by atoms with Gasteiger partial charge in [-0.15, -0.1) is 0 Å². The first-order chi connectivity index (χ1) is 14.0. The van der Waals surface area contributed by atoms with Crippen LogP contribution < -0.4 is 0 Å². The van der Waals surface area contributed by atoms with E-state index in [2.05, 4.69) is 120 Å². The summed E-state index contributed by atoms with van der Waals surface area (Å²) in [5, 5.41) is 1.29. The highest BCUT2D eigenvalue weighted by Gasteiger charge is 2.16. The highest BCUT2D eigenvalue weighted by Crippen LogP contribution is 2.36. The highest BCUT2D eigenvalue weighted by molar-refractivity contribution is 5.99. The SMILES string of the molecule is Cc1[nH]c2ccc(-c3ccc(C(C)(C)C)cc3)cc2c1-c1ccc(C(C)(C)C)cc1. The van der Waals surface area contributed by atoms with E-state index in [1.165, 1.54) is 50.0 Å². The number of H-pyrrole nitrogens is 1. The third-order valence-corrected chi connectivity index (χ3v) is 6.11. The monoisotopic (exact) mass is 395 g/mol. The Kier molecular flexibility index (Phi) is 4.89. The van der Waals surface area contributed by atoms with Gasteiger partial charge in [0, 0.05) is 22.2 Å². The molecule has 0 amide bonds. The Morgan fingerprint density at radius 1 is 0.567 bits per heavy atom. The van der Waals surface area contributed by atoms with Crippen LogP contribution in [0.3, 0.4) is 0 Å². The fraction of sp³-hybridized carbons (Fsp3) is 0.310. The van der Waals surface area contributed by atoms with E-state index in [9.17, 15) is 0 Å². The Bertz CT molecular complexity index is 1170. The second-order valence-electron chi connectivity index (χ2n) is 10.5. The average molecular weight is 396 g/mol. The van der Waals surface area contributed by atoms with Gasteiger partial charge in [0.05, 0.1) is 0 Å². The van der Waals surface area contributed by atoms with Crippen LogP contribution in [0.5, 0.6) is 0 Å². The number of hydrogen-bond donors (Lipinski definition) is 1. The number of aromatic amines is 1. The van der Waals surface area contributed by atoms with Crippen LogP contribution in [0.1, 0.15) is 58.4 Å². The first-order valence-electron chi connectivity index (χ1n) is 10.9. The number of fused-ring (bicyclic) bond motifs is 1. The zero-order valence-electron chi connectivity index (χ0n) is 19.4. The molecule has 1 heterocycles. The van der Waals surface area contributed by atoms with Crippen LogP contribution in [0, 0.1) is 6.92 Å². The molecule has 1 nitrogen and oxygen atoms in total. The minimum Gasteiger partial charge on any atom is -0.358 e. The van der Waals surface area contributed by atoms with Crippen LogP contribution in [-0.4, -0.2) is 4.98 Å². The summed E-state index contributed by atoms with van der Waals surface area (Å²) >= 11 is 0. The Hall–Kier alpha value is -2.80. The van der Waals surface area contributed by atoms with Crippen LogP contribution in [0.15, 0.2) is 66.7 Å². The van der Waals surface area contributed by atoms with E-state index in [0.29, 0.717) is 0 Å². The van der Waals surface area contributed by atoms with Crippen LogP contribution >= 0.6 is 0 Å². The third-order valence-electron chi connectivity index (χ3n) is 6.11. The van der Waals surface area contributed by atoms with Gasteiger partial charge in [-0.2, -0.15) is 0 Å². The average Bonchev–Trinajstić information content (AvgIpc) is 3.01. The molecular weight excluding hydrogens is 362 g/mol. The lowest BCUT2D eigenvalue weighted by Gasteiger charge is -2.19. The lowest BCUT2D eigenvalue weighted by Crippen LogP contribution is -2.10. The van der Waals surface area contributed by atoms with Crippen LogP contribution in [0.4, 0.5) is 0 Å². The van der Waals surface area contributed by atoms with E-state index in [0.717, 1.165) is 0 Å². The normalized spacial score (nSPS) is 12.5. The zero-order chi connectivity index (χ0) is 21.7. The first kappa shape index (κ1) is 20.5. The number of aryl methyl sites for hydroxylation is 1. The molecule has 4 rings (SSSR count). The molecule has 30 heavy (non-hydrogen) atoms. The summed E-state index contributed by atoms with van der Waals surface area (Å²) in [4.78, 5) is 3.58. The van der Waals surface area contributed by atoms with Crippen molar-refractivity contribution in [2.75, 3.05) is 0 Å². The largest absolute Gasteiger partial charge is 0.358 e. The first-order valence-corrected chi connectivity index (χ1v) is 10.9. The number of hydrogen-bond acceptors (Lipinski definition) is 0. The molecule has 0 aliphatic carbocycles. The molecular formula is C29H33N. The second-order valence-corrected chi connectivity index (χ2v) is 10.5. The van der Waals surface area contributed by atoms with Gasteiger partial charge >= 0.3 is 0 Å². The van der Waals surface area contributed by atoms with Gasteiger partial charge in [-0.1, -0.05) is 96.1 Å². The second kappa shape index (κ2) is 7.16. The van der Waals surface area contributed by atoms with Gasteiger partial charge in [-0.05, 0) is 57.7 Å². The van der Waals surface area contributed by atoms with Crippen molar-refractivity contribution in [1.29, 1.82) is 0 Å². The van der Waals surface area contributed by atoms with Crippen molar-refractivity contribution in [2.24, 2.45) is 0 Å². The summed E-state index contributed by atoms with van der Waals surface area (Å²) in [6.07, 6.45) is 0. The van der Waals surface area contributed by atoms with Gasteiger partial charge < -0.3 is 4.98 Å². The predicted octanol–water partition coefficient (Wildman–Crippen LogP) is 8.41. The number of aromatic nitrogens is 1. The predicted molar refractivity (Wildman–Crippen MR) is 131 cm³/mol. The third kappa shape index (κ3) is 3.81. The maximum Gasteiger partial charge on any atom is 0.0462 e. The summed E-state index contributed by atoms with van der Waals surface area (Å²) in [6.45, 7) is 15.7. The molecule has 0 unspecified atom stereocenters. The van der Waals surface area contributed by atoms with E-state index >= 15 is 0 Å². The van der Waals surface area contributed by atoms with Gasteiger partial charge in [0.25, 0.3) is 0 Å². The molecule has 0 saturated heterocycles. The standard InChI is InChI=1S/C29H33N/c1-19-27(21-10-15-24(16-11-21)29(5,6)7)25-18-22(12-17-26(25)30-19)20-8-13-23(14-9-20)28(2,3)4/h8-18,30H,1-7H3. The summed E-state index contributed by atoms with van der Waals surface area (Å²) in [6, 6.07) is 24.8. The number of benzene rings is 3. The van der Waals surface area contributed by atoms with E-state index in [1.54, 1.807) is 0 Å². The van der Waals surface area contributed by atoms with E-state index in [-0.39, 0.29) is 10.8 Å². The molecule has 0 bridgehead atoms. The van der Waals surface area contributed by atoms with Gasteiger partial charge in [-0.3, -0.25) is 0 Å². The molecule has 154 valence electrons. The van der Waals surface area contributed by atoms with Crippen molar-refractivity contribution in [1.82, 2.24) is 4.98 Å². The van der Waals surface area contributed by atoms with Crippen molar-refractivity contribution in [3.05, 3.63) is 83.6 Å². The van der Waals surface area contributed by atoms with Crippen molar-refractivity contribution in [3.63, 3.8) is 0 Å². The Balaban J connectivity index is 1.78. The molecule has 0 saturated carbocycles. The minimum atomic E-state index is 0.167. The van der Waals surface area contributed by atoms with E-state index in [1.807, 2.05) is 0 Å². The maximum atomic E-state index is 3.58. The minimum absolute atomic E-state index is 0.167. The fourth-order valence-corrected chi connectivity index (χ4v) is 4.18. The van der Waals surface area contributed by atoms with Gasteiger partial charge in [-0.25, -0.2) is 0 Å². The molecule has 0 aliphatic heterocycles. The topological polar surface area (TPSA) is 15.8 Å². The van der Waals surface area contributed by atoms with Crippen molar-refractivity contribution in [2.45, 2.75) is 59.3 Å². The van der Waals surface area contributed by atoms with Crippen molar-refractivity contribution < 1.29 is 0 Å². The number of rotatable bonds is 2. The number of nitrogens with one attached hydrogen (secondary N) is 1. The maximum absolute atomic E-state index is 3.58. The molecule has 0 aliphatic rings. The smallest absolute Gasteiger partial charge is 0.0462 e. The van der Waals surface area contributed by atoms with E-state index in [4.69, 9.17) is 0 Å². The summed E-state index contributed by atoms with van der Waals surface area (Å²) in [5.41, 5.74) is 10.6. The molecule has 0 atom stereocenters. The van der Waals surface area contributed by atoms with Crippen LogP contribution in [0.25, 0.3) is 33.2 Å². The molecule has 3 aromatic carbocycles. The molecule has 1 heteroatoms. The molecule has 0 fully saturated rings. The van der Waals surface area contributed by atoms with Crippen LogP contribution in [-0.2, 0) is 10.8 Å². The summed E-state index contributed by atoms with van der Waals surface area (Å²) in [7, 11) is 0.